The normalized spacial score (nSPS) is 24.4. The molecule has 0 aliphatic heterocycles. The van der Waals surface area contributed by atoms with Crippen LogP contribution in [-0.2, 0) is 4.79 Å². The molecule has 15 heavy (non-hydrogen) atoms. The number of carbonyl (C=O) groups excluding carboxylic acids is 1. The quantitative estimate of drug-likeness (QED) is 0.594. The number of halogens is 1. The molecule has 0 saturated heterocycles. The van der Waals surface area contributed by atoms with E-state index >= 15 is 0 Å². The number of carbonyl (C=O) groups is 1. The van der Waals surface area contributed by atoms with Crippen molar-refractivity contribution in [2.24, 2.45) is 5.92 Å². The minimum Gasteiger partial charge on any atom is -0.423 e. The Morgan fingerprint density at radius 2 is 2.07 bits per heavy atom. The molecule has 0 spiro atoms. The monoisotopic (exact) mass is 210 g/mol. The Balaban J connectivity index is 1.97. The van der Waals surface area contributed by atoms with Crippen molar-refractivity contribution >= 4 is 5.97 Å². The molecule has 1 aromatic carbocycles. The first-order chi connectivity index (χ1) is 7.16. The predicted octanol–water partition coefficient (Wildman–Crippen LogP) is 1.50. The summed E-state index contributed by atoms with van der Waals surface area (Å²) in [6.07, 6.45) is 0.406. The Morgan fingerprint density at radius 1 is 1.40 bits per heavy atom. The molecule has 0 radical (unpaired) electrons. The lowest BCUT2D eigenvalue weighted by atomic mass is 9.83. The maximum atomic E-state index is 13.1. The van der Waals surface area contributed by atoms with Crippen molar-refractivity contribution in [1.82, 2.24) is 0 Å². The van der Waals surface area contributed by atoms with Gasteiger partial charge in [0.05, 0.1) is 12.0 Å². The number of aliphatic hydroxyl groups is 1. The van der Waals surface area contributed by atoms with Gasteiger partial charge in [-0.2, -0.15) is 0 Å². The summed E-state index contributed by atoms with van der Waals surface area (Å²) < 4.78 is 18.0. The minimum absolute atomic E-state index is 0.0520. The van der Waals surface area contributed by atoms with Crippen LogP contribution in [0.2, 0.25) is 0 Å². The van der Waals surface area contributed by atoms with E-state index in [-0.39, 0.29) is 11.7 Å². The lowest BCUT2D eigenvalue weighted by Gasteiger charge is -2.28. The molecule has 3 nitrogen and oxygen atoms in total. The molecule has 1 fully saturated rings. The van der Waals surface area contributed by atoms with Crippen LogP contribution in [0.3, 0.4) is 0 Å². The zero-order chi connectivity index (χ0) is 10.8. The number of benzene rings is 1. The first kappa shape index (κ1) is 10.1. The molecule has 1 saturated carbocycles. The summed E-state index contributed by atoms with van der Waals surface area (Å²) in [7, 11) is 0. The maximum Gasteiger partial charge on any atom is 0.314 e. The van der Waals surface area contributed by atoms with Gasteiger partial charge in [-0.25, -0.2) is 4.39 Å². The summed E-state index contributed by atoms with van der Waals surface area (Å²) in [5.41, 5.74) is 0. The highest BCUT2D eigenvalue weighted by atomic mass is 19.1. The average Bonchev–Trinajstić information content (AvgIpc) is 2.17. The fourth-order valence-corrected chi connectivity index (χ4v) is 1.50. The fourth-order valence-electron chi connectivity index (χ4n) is 1.50. The van der Waals surface area contributed by atoms with E-state index in [4.69, 9.17) is 9.84 Å². The summed E-state index contributed by atoms with van der Waals surface area (Å²) >= 11 is 0. The zero-order valence-electron chi connectivity index (χ0n) is 8.02. The summed E-state index contributed by atoms with van der Waals surface area (Å²) in [5.74, 6) is -1.36. The maximum absolute atomic E-state index is 13.1. The van der Waals surface area contributed by atoms with Gasteiger partial charge in [-0.3, -0.25) is 4.79 Å². The molecule has 0 unspecified atom stereocenters. The van der Waals surface area contributed by atoms with Crippen molar-refractivity contribution < 1.29 is 19.0 Å². The standard InChI is InChI=1S/C11H11FO3/c12-9-3-1-2-4-10(9)15-11(14)7-5-8(13)6-7/h1-4,7-8,13H,5-6H2. The van der Waals surface area contributed by atoms with E-state index in [0.29, 0.717) is 12.8 Å². The molecule has 1 aliphatic rings. The summed E-state index contributed by atoms with van der Waals surface area (Å²) in [6, 6.07) is 5.77. The van der Waals surface area contributed by atoms with E-state index in [0.717, 1.165) is 0 Å². The second kappa shape index (κ2) is 3.98. The fraction of sp³-hybridized carbons (Fsp3) is 0.364. The first-order valence-electron chi connectivity index (χ1n) is 4.81. The molecule has 0 amide bonds. The minimum atomic E-state index is -0.550. The van der Waals surface area contributed by atoms with Crippen LogP contribution in [0.4, 0.5) is 4.39 Å². The van der Waals surface area contributed by atoms with E-state index in [9.17, 15) is 9.18 Å². The molecule has 2 rings (SSSR count). The molecular formula is C11H11FO3. The third kappa shape index (κ3) is 2.15. The van der Waals surface area contributed by atoms with Crippen LogP contribution in [-0.4, -0.2) is 17.2 Å². The number of esters is 1. The van der Waals surface area contributed by atoms with Crippen molar-refractivity contribution in [3.63, 3.8) is 0 Å². The van der Waals surface area contributed by atoms with E-state index < -0.39 is 17.9 Å². The molecule has 4 heteroatoms. The van der Waals surface area contributed by atoms with Crippen molar-refractivity contribution in [3.8, 4) is 5.75 Å². The van der Waals surface area contributed by atoms with Gasteiger partial charge >= 0.3 is 5.97 Å². The Morgan fingerprint density at radius 3 is 2.67 bits per heavy atom. The molecule has 80 valence electrons. The van der Waals surface area contributed by atoms with Gasteiger partial charge in [0.25, 0.3) is 0 Å². The number of para-hydroxylation sites is 1. The molecule has 0 aromatic heterocycles. The van der Waals surface area contributed by atoms with Crippen molar-refractivity contribution in [3.05, 3.63) is 30.1 Å². The summed E-state index contributed by atoms with van der Waals surface area (Å²) in [6.45, 7) is 0. The Hall–Kier alpha value is -1.42. The van der Waals surface area contributed by atoms with Crippen LogP contribution in [0.1, 0.15) is 12.8 Å². The van der Waals surface area contributed by atoms with Gasteiger partial charge in [-0.15, -0.1) is 0 Å². The number of aliphatic hydroxyl groups excluding tert-OH is 1. The van der Waals surface area contributed by atoms with Crippen LogP contribution < -0.4 is 4.74 Å². The van der Waals surface area contributed by atoms with Gasteiger partial charge in [0, 0.05) is 0 Å². The molecule has 0 bridgehead atoms. The number of rotatable bonds is 2. The molecule has 1 N–H and O–H groups in total. The van der Waals surface area contributed by atoms with E-state index in [2.05, 4.69) is 0 Å². The molecular weight excluding hydrogens is 199 g/mol. The lowest BCUT2D eigenvalue weighted by Crippen LogP contribution is -2.36. The highest BCUT2D eigenvalue weighted by Gasteiger charge is 2.34. The SMILES string of the molecule is O=C(Oc1ccccc1F)C1CC(O)C1. The first-order valence-corrected chi connectivity index (χ1v) is 4.81. The Labute approximate surface area is 86.5 Å². The van der Waals surface area contributed by atoms with Crippen LogP contribution >= 0.6 is 0 Å². The molecule has 0 atom stereocenters. The third-order valence-electron chi connectivity index (χ3n) is 2.49. The number of hydrogen-bond donors (Lipinski definition) is 1. The lowest BCUT2D eigenvalue weighted by molar-refractivity contribution is -0.146. The van der Waals surface area contributed by atoms with E-state index in [1.807, 2.05) is 0 Å². The van der Waals surface area contributed by atoms with Gasteiger partial charge in [-0.1, -0.05) is 12.1 Å². The average molecular weight is 210 g/mol. The number of ether oxygens (including phenoxy) is 1. The van der Waals surface area contributed by atoms with Gasteiger partial charge in [0.1, 0.15) is 0 Å². The second-order valence-corrected chi connectivity index (χ2v) is 3.67. The number of hydrogen-bond acceptors (Lipinski definition) is 3. The van der Waals surface area contributed by atoms with E-state index in [1.165, 1.54) is 18.2 Å². The largest absolute Gasteiger partial charge is 0.423 e. The zero-order valence-corrected chi connectivity index (χ0v) is 8.02. The van der Waals surface area contributed by atoms with Crippen LogP contribution in [0.15, 0.2) is 24.3 Å². The Bertz CT molecular complexity index is 372. The summed E-state index contributed by atoms with van der Waals surface area (Å²) in [5, 5.41) is 9.01. The van der Waals surface area contributed by atoms with Crippen molar-refractivity contribution in [1.29, 1.82) is 0 Å². The van der Waals surface area contributed by atoms with Crippen LogP contribution in [0, 0.1) is 11.7 Å². The second-order valence-electron chi connectivity index (χ2n) is 3.67. The Kier molecular flexibility index (Phi) is 2.68. The van der Waals surface area contributed by atoms with Gasteiger partial charge < -0.3 is 9.84 Å². The third-order valence-corrected chi connectivity index (χ3v) is 2.49. The van der Waals surface area contributed by atoms with Crippen LogP contribution in [0.25, 0.3) is 0 Å². The van der Waals surface area contributed by atoms with E-state index in [1.54, 1.807) is 6.07 Å². The smallest absolute Gasteiger partial charge is 0.314 e. The van der Waals surface area contributed by atoms with Gasteiger partial charge in [0.15, 0.2) is 11.6 Å². The highest BCUT2D eigenvalue weighted by Crippen LogP contribution is 2.29. The highest BCUT2D eigenvalue weighted by molar-refractivity contribution is 5.76. The summed E-state index contributed by atoms with van der Waals surface area (Å²) in [4.78, 5) is 11.4. The van der Waals surface area contributed by atoms with Crippen LogP contribution in [0.5, 0.6) is 5.75 Å². The van der Waals surface area contributed by atoms with Gasteiger partial charge in [-0.05, 0) is 25.0 Å². The van der Waals surface area contributed by atoms with Crippen molar-refractivity contribution in [2.75, 3.05) is 0 Å². The van der Waals surface area contributed by atoms with Gasteiger partial charge in [0.2, 0.25) is 0 Å². The topological polar surface area (TPSA) is 46.5 Å². The molecule has 1 aromatic rings. The predicted molar refractivity (Wildman–Crippen MR) is 50.8 cm³/mol. The molecule has 1 aliphatic carbocycles. The molecule has 0 heterocycles. The van der Waals surface area contributed by atoms with Crippen molar-refractivity contribution in [2.45, 2.75) is 18.9 Å².